The predicted molar refractivity (Wildman–Crippen MR) is 82.0 cm³/mol. The summed E-state index contributed by atoms with van der Waals surface area (Å²) in [6, 6.07) is 0. The Morgan fingerprint density at radius 2 is 2.00 bits per heavy atom. The van der Waals surface area contributed by atoms with E-state index in [0.717, 1.165) is 32.1 Å². The second kappa shape index (κ2) is 9.01. The van der Waals surface area contributed by atoms with Crippen molar-refractivity contribution in [2.45, 2.75) is 40.5 Å². The van der Waals surface area contributed by atoms with E-state index in [0.29, 0.717) is 6.61 Å². The van der Waals surface area contributed by atoms with E-state index in [9.17, 15) is 4.79 Å². The van der Waals surface area contributed by atoms with Gasteiger partial charge in [0.25, 0.3) is 0 Å². The van der Waals surface area contributed by atoms with E-state index >= 15 is 0 Å². The van der Waals surface area contributed by atoms with E-state index in [2.05, 4.69) is 26.8 Å². The van der Waals surface area contributed by atoms with E-state index in [1.165, 1.54) is 25.0 Å². The van der Waals surface area contributed by atoms with Crippen LogP contribution >= 0.6 is 0 Å². The second-order valence-corrected chi connectivity index (χ2v) is 6.10. The Morgan fingerprint density at radius 3 is 2.55 bits per heavy atom. The van der Waals surface area contributed by atoms with Crippen molar-refractivity contribution in [1.29, 1.82) is 0 Å². The van der Waals surface area contributed by atoms with Gasteiger partial charge in [-0.05, 0) is 33.6 Å². The third-order valence-electron chi connectivity index (χ3n) is 3.85. The number of quaternary nitrogens is 1. The van der Waals surface area contributed by atoms with Crippen molar-refractivity contribution in [3.05, 3.63) is 11.6 Å². The van der Waals surface area contributed by atoms with Gasteiger partial charge in [-0.2, -0.15) is 0 Å². The van der Waals surface area contributed by atoms with Crippen LogP contribution in [0.4, 0.5) is 4.79 Å². The monoisotopic (exact) mass is 283 g/mol. The van der Waals surface area contributed by atoms with Gasteiger partial charge in [-0.3, -0.25) is 4.90 Å². The first-order valence-corrected chi connectivity index (χ1v) is 7.91. The van der Waals surface area contributed by atoms with Crippen molar-refractivity contribution >= 4 is 6.09 Å². The number of piperazine rings is 1. The lowest BCUT2D eigenvalue weighted by Crippen LogP contribution is -3.15. The average molecular weight is 283 g/mol. The normalized spacial score (nSPS) is 17.7. The van der Waals surface area contributed by atoms with Crippen LogP contribution in [0.1, 0.15) is 40.5 Å². The zero-order chi connectivity index (χ0) is 15.0. The summed E-state index contributed by atoms with van der Waals surface area (Å²) in [7, 11) is 0. The molecule has 1 heterocycles. The largest absolute Gasteiger partial charge is 0.450 e. The van der Waals surface area contributed by atoms with Gasteiger partial charge in [0, 0.05) is 5.92 Å². The van der Waals surface area contributed by atoms with Crippen LogP contribution in [0.25, 0.3) is 0 Å². The number of carbonyl (C=O) groups excluding carboxylic acids is 1. The van der Waals surface area contributed by atoms with E-state index < -0.39 is 0 Å². The van der Waals surface area contributed by atoms with Crippen molar-refractivity contribution in [2.75, 3.05) is 39.3 Å². The molecule has 20 heavy (non-hydrogen) atoms. The molecule has 0 aromatic heterocycles. The lowest BCUT2D eigenvalue weighted by atomic mass is 10.0. The maximum Gasteiger partial charge on any atom is 0.410 e. The Balaban J connectivity index is 2.21. The lowest BCUT2D eigenvalue weighted by molar-refractivity contribution is -0.907. The molecule has 0 aromatic rings. The molecule has 4 nitrogen and oxygen atoms in total. The van der Waals surface area contributed by atoms with Crippen LogP contribution in [-0.4, -0.2) is 50.3 Å². The topological polar surface area (TPSA) is 34.0 Å². The van der Waals surface area contributed by atoms with Crippen molar-refractivity contribution in [3.63, 3.8) is 0 Å². The third kappa shape index (κ3) is 6.42. The number of hydrogen-bond donors (Lipinski definition) is 1. The summed E-state index contributed by atoms with van der Waals surface area (Å²) in [6.45, 7) is 13.9. The van der Waals surface area contributed by atoms with E-state index in [-0.39, 0.29) is 6.09 Å². The highest BCUT2D eigenvalue weighted by Gasteiger charge is 2.25. The predicted octanol–water partition coefficient (Wildman–Crippen LogP) is 1.73. The van der Waals surface area contributed by atoms with Crippen LogP contribution in [0.5, 0.6) is 0 Å². The summed E-state index contributed by atoms with van der Waals surface area (Å²) in [6.07, 6.45) is 4.62. The lowest BCUT2D eigenvalue weighted by Gasteiger charge is -2.32. The first-order chi connectivity index (χ1) is 9.52. The van der Waals surface area contributed by atoms with Gasteiger partial charge in [0.15, 0.2) is 0 Å². The standard InChI is InChI=1S/C16H30N2O2/c1-5-20-16(19)18-11-9-17(10-12-18)13-15(4)8-6-7-14(2)3/h7,15H,5-6,8-13H2,1-4H3/p+1/t15-/m0/s1. The fraction of sp³-hybridized carbons (Fsp3) is 0.812. The van der Waals surface area contributed by atoms with Crippen molar-refractivity contribution < 1.29 is 14.4 Å². The third-order valence-corrected chi connectivity index (χ3v) is 3.85. The van der Waals surface area contributed by atoms with Crippen LogP contribution in [0.3, 0.4) is 0 Å². The molecule has 1 amide bonds. The molecule has 1 aliphatic heterocycles. The summed E-state index contributed by atoms with van der Waals surface area (Å²) in [5, 5.41) is 0. The zero-order valence-electron chi connectivity index (χ0n) is 13.6. The van der Waals surface area contributed by atoms with Gasteiger partial charge in [0.2, 0.25) is 0 Å². The number of rotatable bonds is 6. The molecule has 0 unspecified atom stereocenters. The summed E-state index contributed by atoms with van der Waals surface area (Å²) in [5.74, 6) is 0.745. The number of carbonyl (C=O) groups is 1. The molecule has 0 aliphatic carbocycles. The smallest absolute Gasteiger partial charge is 0.410 e. The molecule has 0 aromatic carbocycles. The minimum Gasteiger partial charge on any atom is -0.450 e. The number of allylic oxidation sites excluding steroid dienone is 2. The van der Waals surface area contributed by atoms with Crippen LogP contribution in [0.2, 0.25) is 0 Å². The average Bonchev–Trinajstić information content (AvgIpc) is 2.39. The molecule has 1 fully saturated rings. The minimum atomic E-state index is -0.150. The molecule has 1 aliphatic rings. The fourth-order valence-corrected chi connectivity index (χ4v) is 2.68. The van der Waals surface area contributed by atoms with Crippen molar-refractivity contribution in [1.82, 2.24) is 4.90 Å². The SMILES string of the molecule is CCOC(=O)N1CC[NH+](C[C@@H](C)CCC=C(C)C)CC1. The molecule has 1 N–H and O–H groups in total. The second-order valence-electron chi connectivity index (χ2n) is 6.10. The van der Waals surface area contributed by atoms with Crippen molar-refractivity contribution in [3.8, 4) is 0 Å². The fourth-order valence-electron chi connectivity index (χ4n) is 2.68. The van der Waals surface area contributed by atoms with Crippen LogP contribution < -0.4 is 4.90 Å². The first-order valence-electron chi connectivity index (χ1n) is 7.91. The number of amides is 1. The van der Waals surface area contributed by atoms with E-state index in [1.54, 1.807) is 4.90 Å². The number of nitrogens with zero attached hydrogens (tertiary/aromatic N) is 1. The molecule has 0 saturated carbocycles. The van der Waals surface area contributed by atoms with Crippen LogP contribution in [0, 0.1) is 5.92 Å². The highest BCUT2D eigenvalue weighted by atomic mass is 16.6. The maximum atomic E-state index is 11.6. The molecule has 116 valence electrons. The van der Waals surface area contributed by atoms with Gasteiger partial charge in [0.05, 0.1) is 39.3 Å². The first kappa shape index (κ1) is 17.0. The molecule has 1 rings (SSSR count). The van der Waals surface area contributed by atoms with Crippen LogP contribution in [0.15, 0.2) is 11.6 Å². The molecule has 1 atom stereocenters. The van der Waals surface area contributed by atoms with Crippen LogP contribution in [-0.2, 0) is 4.74 Å². The van der Waals surface area contributed by atoms with Gasteiger partial charge in [-0.1, -0.05) is 18.6 Å². The number of ether oxygens (including phenoxy) is 1. The molecular formula is C16H31N2O2+. The zero-order valence-corrected chi connectivity index (χ0v) is 13.6. The molecular weight excluding hydrogens is 252 g/mol. The van der Waals surface area contributed by atoms with Gasteiger partial charge >= 0.3 is 6.09 Å². The maximum absolute atomic E-state index is 11.6. The van der Waals surface area contributed by atoms with Gasteiger partial charge in [-0.25, -0.2) is 4.79 Å². The molecule has 4 heteroatoms. The summed E-state index contributed by atoms with van der Waals surface area (Å²) < 4.78 is 5.04. The Kier molecular flexibility index (Phi) is 7.67. The van der Waals surface area contributed by atoms with Gasteiger partial charge < -0.3 is 9.64 Å². The van der Waals surface area contributed by atoms with E-state index in [1.807, 2.05) is 11.8 Å². The molecule has 0 radical (unpaired) electrons. The number of hydrogen-bond acceptors (Lipinski definition) is 2. The Labute approximate surface area is 123 Å². The Morgan fingerprint density at radius 1 is 1.35 bits per heavy atom. The molecule has 0 spiro atoms. The number of nitrogens with one attached hydrogen (secondary N) is 1. The van der Waals surface area contributed by atoms with E-state index in [4.69, 9.17) is 4.74 Å². The Bertz CT molecular complexity index is 316. The van der Waals surface area contributed by atoms with Crippen molar-refractivity contribution in [2.24, 2.45) is 5.92 Å². The molecule has 0 bridgehead atoms. The summed E-state index contributed by atoms with van der Waals surface area (Å²) in [5.41, 5.74) is 1.41. The summed E-state index contributed by atoms with van der Waals surface area (Å²) in [4.78, 5) is 15.1. The molecule has 1 saturated heterocycles. The highest BCUT2D eigenvalue weighted by molar-refractivity contribution is 5.67. The van der Waals surface area contributed by atoms with Gasteiger partial charge in [0.1, 0.15) is 0 Å². The van der Waals surface area contributed by atoms with Gasteiger partial charge in [-0.15, -0.1) is 0 Å². The highest BCUT2D eigenvalue weighted by Crippen LogP contribution is 2.06. The minimum absolute atomic E-state index is 0.150. The Hall–Kier alpha value is -1.03. The quantitative estimate of drug-likeness (QED) is 0.753. The summed E-state index contributed by atoms with van der Waals surface area (Å²) >= 11 is 0.